The molecule has 0 aromatic carbocycles. The third kappa shape index (κ3) is 4.94. The monoisotopic (exact) mass is 257 g/mol. The van der Waals surface area contributed by atoms with Crippen LogP contribution in [-0.2, 0) is 4.79 Å². The molecule has 0 saturated carbocycles. The summed E-state index contributed by atoms with van der Waals surface area (Å²) in [5.74, 6) is -0.281. The molecule has 0 saturated heterocycles. The van der Waals surface area contributed by atoms with Crippen LogP contribution in [-0.4, -0.2) is 43.0 Å². The van der Waals surface area contributed by atoms with E-state index in [-0.39, 0.29) is 11.3 Å². The Labute approximate surface area is 112 Å². The Morgan fingerprint density at radius 3 is 2.17 bits per heavy atom. The van der Waals surface area contributed by atoms with Gasteiger partial charge in [0, 0.05) is 6.04 Å². The van der Waals surface area contributed by atoms with E-state index in [1.165, 1.54) is 0 Å². The lowest BCUT2D eigenvalue weighted by molar-refractivity contribution is -0.123. The molecule has 0 aliphatic rings. The van der Waals surface area contributed by atoms with Crippen molar-refractivity contribution in [2.75, 3.05) is 20.6 Å². The van der Waals surface area contributed by atoms with Gasteiger partial charge in [-0.1, -0.05) is 20.8 Å². The second kappa shape index (κ2) is 6.53. The summed E-state index contributed by atoms with van der Waals surface area (Å²) in [5, 5.41) is 3.02. The third-order valence-electron chi connectivity index (χ3n) is 4.20. The molecule has 2 atom stereocenters. The first-order valence-electron chi connectivity index (χ1n) is 6.73. The van der Waals surface area contributed by atoms with Gasteiger partial charge in [0.2, 0.25) is 5.91 Å². The minimum absolute atomic E-state index is 0.269. The van der Waals surface area contributed by atoms with Crippen LogP contribution in [0.3, 0.4) is 0 Å². The quantitative estimate of drug-likeness (QED) is 0.728. The zero-order valence-electron chi connectivity index (χ0n) is 13.1. The largest absolute Gasteiger partial charge is 0.368 e. The third-order valence-corrected chi connectivity index (χ3v) is 4.20. The Hall–Kier alpha value is -0.610. The maximum absolute atomic E-state index is 11.4. The van der Waals surface area contributed by atoms with Gasteiger partial charge in [0.15, 0.2) is 0 Å². The van der Waals surface area contributed by atoms with E-state index in [0.29, 0.717) is 6.04 Å². The van der Waals surface area contributed by atoms with Gasteiger partial charge < -0.3 is 16.0 Å². The molecule has 0 aliphatic heterocycles. The molecule has 4 nitrogen and oxygen atoms in total. The minimum Gasteiger partial charge on any atom is -0.368 e. The van der Waals surface area contributed by atoms with E-state index in [2.05, 4.69) is 45.0 Å². The van der Waals surface area contributed by atoms with E-state index in [1.54, 1.807) is 7.05 Å². The number of amides is 1. The highest BCUT2D eigenvalue weighted by molar-refractivity contribution is 5.84. The molecule has 0 heterocycles. The van der Waals surface area contributed by atoms with Gasteiger partial charge in [0.1, 0.15) is 0 Å². The molecular formula is C14H31N3O. The number of nitrogens with two attached hydrogens (primary N) is 1. The Kier molecular flexibility index (Phi) is 6.30. The second-order valence-electron chi connectivity index (χ2n) is 6.57. The number of hydrogen-bond donors (Lipinski definition) is 2. The van der Waals surface area contributed by atoms with Crippen molar-refractivity contribution < 1.29 is 4.79 Å². The van der Waals surface area contributed by atoms with Crippen LogP contribution in [0.1, 0.15) is 47.5 Å². The lowest BCUT2D eigenvalue weighted by atomic mass is 9.87. The number of hydrogen-bond acceptors (Lipinski definition) is 3. The summed E-state index contributed by atoms with van der Waals surface area (Å²) in [4.78, 5) is 13.7. The van der Waals surface area contributed by atoms with Crippen LogP contribution in [0.25, 0.3) is 0 Å². The molecule has 1 amide bonds. The Balaban J connectivity index is 4.24. The van der Waals surface area contributed by atoms with Crippen LogP contribution in [0, 0.1) is 5.41 Å². The molecule has 3 N–H and O–H groups in total. The highest BCUT2D eigenvalue weighted by Crippen LogP contribution is 2.23. The van der Waals surface area contributed by atoms with Crippen molar-refractivity contribution in [1.82, 2.24) is 10.2 Å². The number of rotatable bonds is 7. The molecule has 108 valence electrons. The summed E-state index contributed by atoms with van der Waals surface area (Å²) in [6.45, 7) is 11.8. The molecule has 0 rings (SSSR count). The van der Waals surface area contributed by atoms with Crippen molar-refractivity contribution in [3.63, 3.8) is 0 Å². The highest BCUT2D eigenvalue weighted by Gasteiger charge is 2.29. The fraction of sp³-hybridized carbons (Fsp3) is 0.929. The second-order valence-corrected chi connectivity index (χ2v) is 6.57. The Morgan fingerprint density at radius 2 is 1.83 bits per heavy atom. The number of nitrogens with one attached hydrogen (secondary N) is 1. The van der Waals surface area contributed by atoms with Crippen molar-refractivity contribution >= 4 is 5.91 Å². The van der Waals surface area contributed by atoms with Crippen LogP contribution < -0.4 is 11.1 Å². The molecule has 0 aromatic heterocycles. The first-order valence-corrected chi connectivity index (χ1v) is 6.73. The number of carbonyl (C=O) groups is 1. The van der Waals surface area contributed by atoms with Crippen LogP contribution in [0.5, 0.6) is 0 Å². The zero-order valence-corrected chi connectivity index (χ0v) is 13.1. The zero-order chi connectivity index (χ0) is 14.6. The van der Waals surface area contributed by atoms with Crippen LogP contribution >= 0.6 is 0 Å². The van der Waals surface area contributed by atoms with Gasteiger partial charge in [-0.2, -0.15) is 0 Å². The molecule has 0 aromatic rings. The van der Waals surface area contributed by atoms with Gasteiger partial charge in [-0.25, -0.2) is 0 Å². The number of likely N-dealkylation sites (N-methyl/N-ethyl adjacent to an activating group) is 1. The average molecular weight is 257 g/mol. The smallest absolute Gasteiger partial charge is 0.237 e. The maximum Gasteiger partial charge on any atom is 0.237 e. The molecule has 0 aliphatic carbocycles. The predicted octanol–water partition coefficient (Wildman–Crippen LogP) is 1.60. The first kappa shape index (κ1) is 17.4. The molecule has 0 spiro atoms. The van der Waals surface area contributed by atoms with Crippen molar-refractivity contribution in [1.29, 1.82) is 0 Å². The average Bonchev–Trinajstić information content (AvgIpc) is 2.25. The SMILES string of the molecule is CNC(C)(CCCN(C)C(C)C(C)(C)C)C(N)=O. The topological polar surface area (TPSA) is 58.4 Å². The molecule has 4 heteroatoms. The molecule has 0 fully saturated rings. The lowest BCUT2D eigenvalue weighted by Crippen LogP contribution is -2.51. The van der Waals surface area contributed by atoms with E-state index < -0.39 is 5.54 Å². The van der Waals surface area contributed by atoms with Crippen LogP contribution in [0.4, 0.5) is 0 Å². The van der Waals surface area contributed by atoms with E-state index in [9.17, 15) is 4.79 Å². The van der Waals surface area contributed by atoms with E-state index in [0.717, 1.165) is 19.4 Å². The van der Waals surface area contributed by atoms with Crippen molar-refractivity contribution in [2.45, 2.75) is 59.0 Å². The van der Waals surface area contributed by atoms with Gasteiger partial charge in [0.25, 0.3) is 0 Å². The summed E-state index contributed by atoms with van der Waals surface area (Å²) >= 11 is 0. The number of primary amides is 1. The van der Waals surface area contributed by atoms with E-state index in [4.69, 9.17) is 5.73 Å². The normalized spacial score (nSPS) is 17.6. The van der Waals surface area contributed by atoms with Crippen LogP contribution in [0.15, 0.2) is 0 Å². The number of carbonyl (C=O) groups excluding carboxylic acids is 1. The fourth-order valence-electron chi connectivity index (χ4n) is 1.91. The summed E-state index contributed by atoms with van der Waals surface area (Å²) in [6.07, 6.45) is 1.72. The molecular weight excluding hydrogens is 226 g/mol. The summed E-state index contributed by atoms with van der Waals surface area (Å²) in [6, 6.07) is 0.506. The molecule has 0 bridgehead atoms. The Bertz CT molecular complexity index is 273. The summed E-state index contributed by atoms with van der Waals surface area (Å²) in [5.41, 5.74) is 5.09. The summed E-state index contributed by atoms with van der Waals surface area (Å²) < 4.78 is 0. The van der Waals surface area contributed by atoms with Crippen molar-refractivity contribution in [2.24, 2.45) is 11.1 Å². The maximum atomic E-state index is 11.4. The van der Waals surface area contributed by atoms with Crippen molar-refractivity contribution in [3.05, 3.63) is 0 Å². The first-order chi connectivity index (χ1) is 8.04. The van der Waals surface area contributed by atoms with Gasteiger partial charge in [0.05, 0.1) is 5.54 Å². The van der Waals surface area contributed by atoms with Gasteiger partial charge >= 0.3 is 0 Å². The molecule has 0 radical (unpaired) electrons. The standard InChI is InChI=1S/C14H31N3O/c1-11(13(2,3)4)17(7)10-8-9-14(5,16-6)12(15)18/h11,16H,8-10H2,1-7H3,(H2,15,18). The predicted molar refractivity (Wildman–Crippen MR) is 77.4 cm³/mol. The fourth-order valence-corrected chi connectivity index (χ4v) is 1.91. The van der Waals surface area contributed by atoms with E-state index in [1.807, 2.05) is 6.92 Å². The minimum atomic E-state index is -0.591. The highest BCUT2D eigenvalue weighted by atomic mass is 16.1. The van der Waals surface area contributed by atoms with Crippen LogP contribution in [0.2, 0.25) is 0 Å². The number of nitrogens with zero attached hydrogens (tertiary/aromatic N) is 1. The summed E-state index contributed by atoms with van der Waals surface area (Å²) in [7, 11) is 3.92. The van der Waals surface area contributed by atoms with Gasteiger partial charge in [-0.3, -0.25) is 4.79 Å². The lowest BCUT2D eigenvalue weighted by Gasteiger charge is -2.36. The Morgan fingerprint density at radius 1 is 1.33 bits per heavy atom. The van der Waals surface area contributed by atoms with E-state index >= 15 is 0 Å². The molecule has 2 unspecified atom stereocenters. The molecule has 18 heavy (non-hydrogen) atoms. The van der Waals surface area contributed by atoms with Crippen molar-refractivity contribution in [3.8, 4) is 0 Å². The van der Waals surface area contributed by atoms with Gasteiger partial charge in [-0.05, 0) is 52.7 Å². The van der Waals surface area contributed by atoms with Gasteiger partial charge in [-0.15, -0.1) is 0 Å².